The van der Waals surface area contributed by atoms with E-state index in [0.717, 1.165) is 32.5 Å². The average molecular weight is 258 g/mol. The molecule has 0 rings (SSSR count). The fraction of sp³-hybridized carbons (Fsp3) is 0.929. The Kier molecular flexibility index (Phi) is 8.20. The zero-order chi connectivity index (χ0) is 14.2. The number of aliphatic carboxylic acids is 1. The summed E-state index contributed by atoms with van der Waals surface area (Å²) in [6, 6.07) is 0.467. The van der Waals surface area contributed by atoms with E-state index in [0.29, 0.717) is 12.5 Å². The van der Waals surface area contributed by atoms with Gasteiger partial charge in [0.25, 0.3) is 0 Å². The van der Waals surface area contributed by atoms with Crippen LogP contribution in [-0.4, -0.2) is 47.2 Å². The number of nitrogens with one attached hydrogen (secondary N) is 1. The highest BCUT2D eigenvalue weighted by Crippen LogP contribution is 2.13. The predicted molar refractivity (Wildman–Crippen MR) is 76.0 cm³/mol. The number of hydrogen-bond donors (Lipinski definition) is 2. The standard InChI is InChI=1S/C14H30N2O2/c1-6-9-15-14(5,13(17)18)8-11-16(10-7-2)12(3)4/h12,15H,6-11H2,1-5H3,(H,17,18). The number of carbonyl (C=O) groups is 1. The van der Waals surface area contributed by atoms with E-state index in [2.05, 4.69) is 31.0 Å². The van der Waals surface area contributed by atoms with Gasteiger partial charge in [0.2, 0.25) is 0 Å². The van der Waals surface area contributed by atoms with E-state index in [1.54, 1.807) is 6.92 Å². The second-order valence-corrected chi connectivity index (χ2v) is 5.44. The average Bonchev–Trinajstić information content (AvgIpc) is 2.31. The summed E-state index contributed by atoms with van der Waals surface area (Å²) in [5.74, 6) is -0.754. The summed E-state index contributed by atoms with van der Waals surface area (Å²) in [5, 5.41) is 12.5. The van der Waals surface area contributed by atoms with Crippen LogP contribution in [0.4, 0.5) is 0 Å². The first-order valence-electron chi connectivity index (χ1n) is 7.09. The molecule has 0 saturated heterocycles. The number of hydrogen-bond acceptors (Lipinski definition) is 3. The molecule has 0 aromatic heterocycles. The highest BCUT2D eigenvalue weighted by atomic mass is 16.4. The summed E-state index contributed by atoms with van der Waals surface area (Å²) in [6.07, 6.45) is 2.69. The topological polar surface area (TPSA) is 52.6 Å². The molecular weight excluding hydrogens is 228 g/mol. The lowest BCUT2D eigenvalue weighted by atomic mass is 9.97. The summed E-state index contributed by atoms with van der Waals surface area (Å²) >= 11 is 0. The first-order chi connectivity index (χ1) is 8.37. The van der Waals surface area contributed by atoms with Gasteiger partial charge >= 0.3 is 5.97 Å². The Labute approximate surface area is 112 Å². The van der Waals surface area contributed by atoms with Crippen LogP contribution in [0.25, 0.3) is 0 Å². The molecule has 0 aromatic rings. The molecule has 2 N–H and O–H groups in total. The van der Waals surface area contributed by atoms with Crippen molar-refractivity contribution in [2.45, 2.75) is 65.5 Å². The third-order valence-corrected chi connectivity index (χ3v) is 3.38. The molecule has 0 radical (unpaired) electrons. The van der Waals surface area contributed by atoms with E-state index < -0.39 is 11.5 Å². The van der Waals surface area contributed by atoms with Crippen LogP contribution in [0.5, 0.6) is 0 Å². The number of carboxylic acids is 1. The molecule has 0 spiro atoms. The molecule has 1 unspecified atom stereocenters. The van der Waals surface area contributed by atoms with Crippen molar-refractivity contribution in [1.82, 2.24) is 10.2 Å². The summed E-state index contributed by atoms with van der Waals surface area (Å²) in [5.41, 5.74) is -0.809. The zero-order valence-corrected chi connectivity index (χ0v) is 12.6. The number of rotatable bonds is 10. The molecule has 0 amide bonds. The van der Waals surface area contributed by atoms with Gasteiger partial charge in [-0.15, -0.1) is 0 Å². The van der Waals surface area contributed by atoms with Gasteiger partial charge in [0.1, 0.15) is 5.54 Å². The maximum absolute atomic E-state index is 11.4. The van der Waals surface area contributed by atoms with Crippen LogP contribution < -0.4 is 5.32 Å². The minimum Gasteiger partial charge on any atom is -0.480 e. The van der Waals surface area contributed by atoms with Crippen molar-refractivity contribution in [3.8, 4) is 0 Å². The minimum absolute atomic E-state index is 0.467. The second kappa shape index (κ2) is 8.48. The van der Waals surface area contributed by atoms with Crippen LogP contribution in [0, 0.1) is 0 Å². The number of nitrogens with zero attached hydrogens (tertiary/aromatic N) is 1. The molecule has 0 fully saturated rings. The van der Waals surface area contributed by atoms with Gasteiger partial charge < -0.3 is 15.3 Å². The summed E-state index contributed by atoms with van der Waals surface area (Å²) in [6.45, 7) is 12.9. The molecule has 0 aromatic carbocycles. The van der Waals surface area contributed by atoms with Crippen molar-refractivity contribution in [1.29, 1.82) is 0 Å². The van der Waals surface area contributed by atoms with Crippen molar-refractivity contribution >= 4 is 5.97 Å². The molecule has 0 aliphatic heterocycles. The molecule has 0 aliphatic rings. The van der Waals surface area contributed by atoms with Gasteiger partial charge in [-0.3, -0.25) is 4.79 Å². The number of carboxylic acid groups (broad SMARTS) is 1. The minimum atomic E-state index is -0.809. The van der Waals surface area contributed by atoms with E-state index in [1.165, 1.54) is 0 Å². The van der Waals surface area contributed by atoms with Gasteiger partial charge in [0, 0.05) is 12.6 Å². The summed E-state index contributed by atoms with van der Waals surface area (Å²) in [4.78, 5) is 13.7. The Balaban J connectivity index is 4.44. The Hall–Kier alpha value is -0.610. The van der Waals surface area contributed by atoms with Crippen LogP contribution >= 0.6 is 0 Å². The van der Waals surface area contributed by atoms with Crippen molar-refractivity contribution in [2.24, 2.45) is 0 Å². The van der Waals surface area contributed by atoms with E-state index in [1.807, 2.05) is 6.92 Å². The first-order valence-corrected chi connectivity index (χ1v) is 7.09. The summed E-state index contributed by atoms with van der Waals surface area (Å²) in [7, 11) is 0. The monoisotopic (exact) mass is 258 g/mol. The smallest absolute Gasteiger partial charge is 0.323 e. The van der Waals surface area contributed by atoms with E-state index in [9.17, 15) is 9.90 Å². The largest absolute Gasteiger partial charge is 0.480 e. The van der Waals surface area contributed by atoms with Crippen molar-refractivity contribution < 1.29 is 9.90 Å². The molecule has 0 bridgehead atoms. The highest BCUT2D eigenvalue weighted by Gasteiger charge is 2.32. The SMILES string of the molecule is CCCNC(C)(CCN(CCC)C(C)C)C(=O)O. The normalized spacial score (nSPS) is 15.1. The van der Waals surface area contributed by atoms with E-state index >= 15 is 0 Å². The Bertz CT molecular complexity index is 244. The third kappa shape index (κ3) is 5.83. The Morgan fingerprint density at radius 2 is 1.89 bits per heavy atom. The molecule has 0 heterocycles. The maximum atomic E-state index is 11.4. The lowest BCUT2D eigenvalue weighted by Crippen LogP contribution is -2.52. The molecule has 0 aliphatic carbocycles. The van der Waals surface area contributed by atoms with Crippen molar-refractivity contribution in [3.05, 3.63) is 0 Å². The van der Waals surface area contributed by atoms with Crippen LogP contribution in [-0.2, 0) is 4.79 Å². The quantitative estimate of drug-likeness (QED) is 0.631. The summed E-state index contributed by atoms with van der Waals surface area (Å²) < 4.78 is 0. The van der Waals surface area contributed by atoms with Gasteiger partial charge in [-0.1, -0.05) is 13.8 Å². The Morgan fingerprint density at radius 1 is 1.28 bits per heavy atom. The fourth-order valence-electron chi connectivity index (χ4n) is 1.95. The molecule has 1 atom stereocenters. The molecule has 18 heavy (non-hydrogen) atoms. The Morgan fingerprint density at radius 3 is 2.28 bits per heavy atom. The van der Waals surface area contributed by atoms with Crippen LogP contribution in [0.1, 0.15) is 53.9 Å². The van der Waals surface area contributed by atoms with Gasteiger partial charge in [0.15, 0.2) is 0 Å². The van der Waals surface area contributed by atoms with Crippen LogP contribution in [0.2, 0.25) is 0 Å². The zero-order valence-electron chi connectivity index (χ0n) is 12.6. The lowest BCUT2D eigenvalue weighted by Gasteiger charge is -2.32. The maximum Gasteiger partial charge on any atom is 0.323 e. The third-order valence-electron chi connectivity index (χ3n) is 3.38. The van der Waals surface area contributed by atoms with E-state index in [4.69, 9.17) is 0 Å². The van der Waals surface area contributed by atoms with Crippen molar-refractivity contribution in [3.63, 3.8) is 0 Å². The molecule has 4 nitrogen and oxygen atoms in total. The van der Waals surface area contributed by atoms with Gasteiger partial charge in [-0.05, 0) is 53.1 Å². The molecule has 0 saturated carbocycles. The fourth-order valence-corrected chi connectivity index (χ4v) is 1.95. The molecular formula is C14H30N2O2. The predicted octanol–water partition coefficient (Wildman–Crippen LogP) is 2.34. The van der Waals surface area contributed by atoms with Gasteiger partial charge in [-0.25, -0.2) is 0 Å². The van der Waals surface area contributed by atoms with Gasteiger partial charge in [-0.2, -0.15) is 0 Å². The first kappa shape index (κ1) is 17.4. The second-order valence-electron chi connectivity index (χ2n) is 5.44. The van der Waals surface area contributed by atoms with Crippen LogP contribution in [0.15, 0.2) is 0 Å². The van der Waals surface area contributed by atoms with Crippen molar-refractivity contribution in [2.75, 3.05) is 19.6 Å². The van der Waals surface area contributed by atoms with E-state index in [-0.39, 0.29) is 0 Å². The lowest BCUT2D eigenvalue weighted by molar-refractivity contribution is -0.144. The molecule has 108 valence electrons. The van der Waals surface area contributed by atoms with Crippen LogP contribution in [0.3, 0.4) is 0 Å². The highest BCUT2D eigenvalue weighted by molar-refractivity contribution is 5.78. The molecule has 4 heteroatoms. The van der Waals surface area contributed by atoms with Gasteiger partial charge in [0.05, 0.1) is 0 Å².